The highest BCUT2D eigenvalue weighted by molar-refractivity contribution is 7.93. The third-order valence-corrected chi connectivity index (χ3v) is 6.35. The summed E-state index contributed by atoms with van der Waals surface area (Å²) in [6, 6.07) is 8.04. The summed E-state index contributed by atoms with van der Waals surface area (Å²) in [5.41, 5.74) is 0.894. The molecule has 0 fully saturated rings. The Labute approximate surface area is 135 Å². The van der Waals surface area contributed by atoms with Crippen LogP contribution < -0.4 is 4.72 Å². The molecule has 0 unspecified atom stereocenters. The molecule has 0 bridgehead atoms. The Morgan fingerprint density at radius 2 is 1.77 bits per heavy atom. The zero-order chi connectivity index (χ0) is 16.5. The number of hydrogen-bond donors (Lipinski definition) is 1. The van der Waals surface area contributed by atoms with E-state index in [9.17, 15) is 16.8 Å². The van der Waals surface area contributed by atoms with Crippen molar-refractivity contribution in [3.05, 3.63) is 45.6 Å². The number of benzene rings is 1. The summed E-state index contributed by atoms with van der Waals surface area (Å²) in [7, 11) is -6.84. The van der Waals surface area contributed by atoms with Crippen molar-refractivity contribution in [3.8, 4) is 0 Å². The van der Waals surface area contributed by atoms with Gasteiger partial charge in [-0.1, -0.05) is 12.1 Å². The first-order chi connectivity index (χ1) is 10.1. The number of nitrogens with one attached hydrogen (secondary N) is 1. The second-order valence-corrected chi connectivity index (χ2v) is 10.4. The lowest BCUT2D eigenvalue weighted by Crippen LogP contribution is -2.13. The number of sulfonamides is 1. The SMILES string of the molecule is Cc1cc(S(=O)(=O)Nc2cccc(CS(C)(=O)=O)c2)c(C)s1. The molecule has 1 aromatic heterocycles. The predicted molar refractivity (Wildman–Crippen MR) is 89.6 cm³/mol. The maximum Gasteiger partial charge on any atom is 0.262 e. The molecule has 0 radical (unpaired) electrons. The van der Waals surface area contributed by atoms with Gasteiger partial charge in [0.05, 0.1) is 5.75 Å². The average molecular weight is 359 g/mol. The van der Waals surface area contributed by atoms with Crippen molar-refractivity contribution in [3.63, 3.8) is 0 Å². The van der Waals surface area contributed by atoms with Crippen LogP contribution >= 0.6 is 11.3 Å². The fourth-order valence-electron chi connectivity index (χ4n) is 2.11. The highest BCUT2D eigenvalue weighted by Gasteiger charge is 2.19. The molecule has 22 heavy (non-hydrogen) atoms. The Kier molecular flexibility index (Phi) is 4.65. The normalized spacial score (nSPS) is 12.3. The zero-order valence-electron chi connectivity index (χ0n) is 12.5. The molecule has 1 aromatic carbocycles. The molecule has 2 rings (SSSR count). The van der Waals surface area contributed by atoms with Crippen LogP contribution in [0.15, 0.2) is 35.2 Å². The van der Waals surface area contributed by atoms with Gasteiger partial charge in [-0.3, -0.25) is 4.72 Å². The highest BCUT2D eigenvalue weighted by Crippen LogP contribution is 2.27. The third kappa shape index (κ3) is 4.31. The molecule has 1 N–H and O–H groups in total. The quantitative estimate of drug-likeness (QED) is 0.890. The Balaban J connectivity index is 2.30. The van der Waals surface area contributed by atoms with Crippen LogP contribution in [0.5, 0.6) is 0 Å². The number of thiophene rings is 1. The van der Waals surface area contributed by atoms with E-state index in [1.54, 1.807) is 31.2 Å². The summed E-state index contributed by atoms with van der Waals surface area (Å²) in [6.07, 6.45) is 1.14. The second-order valence-electron chi connectivity index (χ2n) is 5.15. The maximum absolute atomic E-state index is 12.4. The fraction of sp³-hybridized carbons (Fsp3) is 0.286. The zero-order valence-corrected chi connectivity index (χ0v) is 14.9. The summed E-state index contributed by atoms with van der Waals surface area (Å²) in [5, 5.41) is 0. The van der Waals surface area contributed by atoms with E-state index < -0.39 is 19.9 Å². The molecule has 0 amide bonds. The Morgan fingerprint density at radius 3 is 2.32 bits per heavy atom. The molecule has 0 saturated carbocycles. The minimum absolute atomic E-state index is 0.126. The Hall–Kier alpha value is -1.38. The van der Waals surface area contributed by atoms with E-state index in [1.165, 1.54) is 17.4 Å². The molecule has 2 aromatic rings. The summed E-state index contributed by atoms with van der Waals surface area (Å²) < 4.78 is 50.0. The molecule has 120 valence electrons. The number of aryl methyl sites for hydroxylation is 2. The van der Waals surface area contributed by atoms with Crippen molar-refractivity contribution < 1.29 is 16.8 Å². The van der Waals surface area contributed by atoms with Crippen molar-refractivity contribution in [1.29, 1.82) is 0 Å². The number of anilines is 1. The molecule has 5 nitrogen and oxygen atoms in total. The van der Waals surface area contributed by atoms with Crippen molar-refractivity contribution >= 4 is 36.9 Å². The van der Waals surface area contributed by atoms with E-state index >= 15 is 0 Å². The minimum Gasteiger partial charge on any atom is -0.280 e. The van der Waals surface area contributed by atoms with Gasteiger partial charge in [0.25, 0.3) is 10.0 Å². The van der Waals surface area contributed by atoms with E-state index in [-0.39, 0.29) is 10.6 Å². The second kappa shape index (κ2) is 6.02. The number of sulfone groups is 1. The first-order valence-electron chi connectivity index (χ1n) is 6.43. The molecule has 0 saturated heterocycles. The van der Waals surface area contributed by atoms with Gasteiger partial charge in [0.2, 0.25) is 0 Å². The molecule has 0 aliphatic carbocycles. The van der Waals surface area contributed by atoms with Crippen LogP contribution in [0.3, 0.4) is 0 Å². The number of hydrogen-bond acceptors (Lipinski definition) is 5. The van der Waals surface area contributed by atoms with Crippen LogP contribution in [-0.2, 0) is 25.6 Å². The topological polar surface area (TPSA) is 80.3 Å². The fourth-order valence-corrected chi connectivity index (χ4v) is 5.50. The van der Waals surface area contributed by atoms with Gasteiger partial charge in [-0.15, -0.1) is 11.3 Å². The molecule has 1 heterocycles. The van der Waals surface area contributed by atoms with Crippen LogP contribution in [0.2, 0.25) is 0 Å². The third-order valence-electron chi connectivity index (χ3n) is 2.89. The van der Waals surface area contributed by atoms with Crippen LogP contribution in [0.1, 0.15) is 15.3 Å². The largest absolute Gasteiger partial charge is 0.280 e. The highest BCUT2D eigenvalue weighted by atomic mass is 32.2. The van der Waals surface area contributed by atoms with Crippen LogP contribution in [0.25, 0.3) is 0 Å². The van der Waals surface area contributed by atoms with Gasteiger partial charge in [-0.05, 0) is 37.6 Å². The van der Waals surface area contributed by atoms with Crippen LogP contribution in [0, 0.1) is 13.8 Å². The van der Waals surface area contributed by atoms with E-state index in [4.69, 9.17) is 0 Å². The summed E-state index contributed by atoms with van der Waals surface area (Å²) in [4.78, 5) is 1.89. The van der Waals surface area contributed by atoms with Gasteiger partial charge < -0.3 is 0 Å². The van der Waals surface area contributed by atoms with Crippen molar-refractivity contribution in [1.82, 2.24) is 0 Å². The first-order valence-corrected chi connectivity index (χ1v) is 10.8. The number of rotatable bonds is 5. The van der Waals surface area contributed by atoms with Gasteiger partial charge in [0.1, 0.15) is 4.90 Å². The molecule has 0 aliphatic heterocycles. The maximum atomic E-state index is 12.4. The molecular formula is C14H17NO4S3. The molecule has 0 aliphatic rings. The standard InChI is InChI=1S/C14H17NO4S3/c1-10-7-14(11(2)20-10)22(18,19)15-13-6-4-5-12(8-13)9-21(3,16)17/h4-8,15H,9H2,1-3H3. The lowest BCUT2D eigenvalue weighted by molar-refractivity contribution is 0.599. The van der Waals surface area contributed by atoms with E-state index in [0.29, 0.717) is 11.3 Å². The predicted octanol–water partition coefficient (Wildman–Crippen LogP) is 2.71. The molecule has 0 atom stereocenters. The van der Waals surface area contributed by atoms with Gasteiger partial charge >= 0.3 is 0 Å². The van der Waals surface area contributed by atoms with E-state index in [0.717, 1.165) is 16.0 Å². The Morgan fingerprint density at radius 1 is 1.09 bits per heavy atom. The van der Waals surface area contributed by atoms with Crippen molar-refractivity contribution in [2.75, 3.05) is 11.0 Å². The van der Waals surface area contributed by atoms with Gasteiger partial charge in [0, 0.05) is 21.7 Å². The summed E-state index contributed by atoms with van der Waals surface area (Å²) in [5.74, 6) is -0.126. The van der Waals surface area contributed by atoms with Crippen LogP contribution in [-0.4, -0.2) is 23.1 Å². The van der Waals surface area contributed by atoms with Crippen LogP contribution in [0.4, 0.5) is 5.69 Å². The monoisotopic (exact) mass is 359 g/mol. The minimum atomic E-state index is -3.67. The van der Waals surface area contributed by atoms with Crippen molar-refractivity contribution in [2.45, 2.75) is 24.5 Å². The summed E-state index contributed by atoms with van der Waals surface area (Å²) >= 11 is 1.42. The van der Waals surface area contributed by atoms with Crippen molar-refractivity contribution in [2.24, 2.45) is 0 Å². The first kappa shape index (κ1) is 17.0. The van der Waals surface area contributed by atoms with Gasteiger partial charge in [0.15, 0.2) is 9.84 Å². The van der Waals surface area contributed by atoms with E-state index in [2.05, 4.69) is 4.72 Å². The Bertz CT molecular complexity index is 896. The molecular weight excluding hydrogens is 342 g/mol. The summed E-state index contributed by atoms with van der Waals surface area (Å²) in [6.45, 7) is 3.61. The van der Waals surface area contributed by atoms with Gasteiger partial charge in [-0.25, -0.2) is 16.8 Å². The smallest absolute Gasteiger partial charge is 0.262 e. The van der Waals surface area contributed by atoms with Gasteiger partial charge in [-0.2, -0.15) is 0 Å². The average Bonchev–Trinajstić information content (AvgIpc) is 2.67. The lowest BCUT2D eigenvalue weighted by Gasteiger charge is -2.09. The molecule has 8 heteroatoms. The molecule has 0 spiro atoms. The lowest BCUT2D eigenvalue weighted by atomic mass is 10.2. The van der Waals surface area contributed by atoms with E-state index in [1.807, 2.05) is 6.92 Å².